The number of ether oxygens (including phenoxy) is 1. The van der Waals surface area contributed by atoms with Crippen molar-refractivity contribution in [1.29, 1.82) is 0 Å². The van der Waals surface area contributed by atoms with Crippen LogP contribution in [0.1, 0.15) is 35.5 Å². The first kappa shape index (κ1) is 15.5. The number of methoxy groups -OCH3 is 1. The van der Waals surface area contributed by atoms with Gasteiger partial charge >= 0.3 is 0 Å². The summed E-state index contributed by atoms with van der Waals surface area (Å²) in [5.74, 6) is 4.47. The molecule has 0 amide bonds. The van der Waals surface area contributed by atoms with Gasteiger partial charge in [-0.1, -0.05) is 18.2 Å². The summed E-state index contributed by atoms with van der Waals surface area (Å²) in [6, 6.07) is 16.1. The summed E-state index contributed by atoms with van der Waals surface area (Å²) in [6.45, 7) is 6.07. The SMILES string of the molecule is COc1ccccc1CC(C)(c1ccc(C)o1)c1ccc(C)o1. The Kier molecular flexibility index (Phi) is 4.03. The molecule has 0 aliphatic rings. The Labute approximate surface area is 136 Å². The minimum atomic E-state index is -0.392. The van der Waals surface area contributed by atoms with Gasteiger partial charge in [-0.3, -0.25) is 0 Å². The van der Waals surface area contributed by atoms with Gasteiger partial charge in [0.05, 0.1) is 12.5 Å². The van der Waals surface area contributed by atoms with Gasteiger partial charge in [0.15, 0.2) is 0 Å². The fraction of sp³-hybridized carbons (Fsp3) is 0.300. The highest BCUT2D eigenvalue weighted by Gasteiger charge is 2.36. The van der Waals surface area contributed by atoms with Gasteiger partial charge < -0.3 is 13.6 Å². The van der Waals surface area contributed by atoms with E-state index in [0.717, 1.165) is 40.8 Å². The molecule has 3 nitrogen and oxygen atoms in total. The lowest BCUT2D eigenvalue weighted by Crippen LogP contribution is -2.26. The van der Waals surface area contributed by atoms with Crippen LogP contribution in [-0.2, 0) is 11.8 Å². The van der Waals surface area contributed by atoms with E-state index in [1.807, 2.05) is 56.3 Å². The molecule has 2 aromatic heterocycles. The van der Waals surface area contributed by atoms with Gasteiger partial charge in [0.1, 0.15) is 28.8 Å². The van der Waals surface area contributed by atoms with Crippen molar-refractivity contribution in [2.45, 2.75) is 32.6 Å². The van der Waals surface area contributed by atoms with Crippen molar-refractivity contribution in [2.24, 2.45) is 0 Å². The average molecular weight is 310 g/mol. The summed E-state index contributed by atoms with van der Waals surface area (Å²) in [4.78, 5) is 0. The summed E-state index contributed by atoms with van der Waals surface area (Å²) in [5, 5.41) is 0. The molecule has 0 bridgehead atoms. The van der Waals surface area contributed by atoms with E-state index < -0.39 is 5.41 Å². The summed E-state index contributed by atoms with van der Waals surface area (Å²) in [5.41, 5.74) is 0.734. The van der Waals surface area contributed by atoms with E-state index in [9.17, 15) is 0 Å². The third-order valence-electron chi connectivity index (χ3n) is 4.30. The number of rotatable bonds is 5. The maximum Gasteiger partial charge on any atom is 0.122 e. The van der Waals surface area contributed by atoms with Crippen molar-refractivity contribution >= 4 is 0 Å². The first-order chi connectivity index (χ1) is 11.0. The van der Waals surface area contributed by atoms with Crippen molar-refractivity contribution in [1.82, 2.24) is 0 Å². The van der Waals surface area contributed by atoms with E-state index in [0.29, 0.717) is 0 Å². The Morgan fingerprint density at radius 1 is 0.870 bits per heavy atom. The highest BCUT2D eigenvalue weighted by molar-refractivity contribution is 5.39. The molecule has 1 aromatic carbocycles. The summed E-state index contributed by atoms with van der Waals surface area (Å²) >= 11 is 0. The maximum absolute atomic E-state index is 5.96. The van der Waals surface area contributed by atoms with Crippen LogP contribution in [0.3, 0.4) is 0 Å². The van der Waals surface area contributed by atoms with Crippen molar-refractivity contribution < 1.29 is 13.6 Å². The summed E-state index contributed by atoms with van der Waals surface area (Å²) in [7, 11) is 1.70. The Balaban J connectivity index is 2.09. The van der Waals surface area contributed by atoms with Gasteiger partial charge in [-0.25, -0.2) is 0 Å². The molecule has 3 heteroatoms. The molecule has 0 unspecified atom stereocenters. The van der Waals surface area contributed by atoms with Gasteiger partial charge in [0.2, 0.25) is 0 Å². The van der Waals surface area contributed by atoms with Gasteiger partial charge in [-0.2, -0.15) is 0 Å². The van der Waals surface area contributed by atoms with Crippen molar-refractivity contribution in [3.05, 3.63) is 77.1 Å². The van der Waals surface area contributed by atoms with Crippen LogP contribution in [0.4, 0.5) is 0 Å². The molecule has 3 rings (SSSR count). The molecule has 0 aliphatic heterocycles. The second-order valence-electron chi connectivity index (χ2n) is 6.14. The molecule has 0 fully saturated rings. The molecule has 0 saturated carbocycles. The lowest BCUT2D eigenvalue weighted by atomic mass is 9.79. The Morgan fingerprint density at radius 3 is 1.91 bits per heavy atom. The lowest BCUT2D eigenvalue weighted by molar-refractivity contribution is 0.325. The standard InChI is InChI=1S/C20H22O3/c1-14-9-11-18(22-14)20(3,19-12-10-15(2)23-19)13-16-7-5-6-8-17(16)21-4/h5-12H,13H2,1-4H3. The fourth-order valence-corrected chi connectivity index (χ4v) is 2.99. The van der Waals surface area contributed by atoms with Crippen LogP contribution in [0.5, 0.6) is 5.75 Å². The number of hydrogen-bond acceptors (Lipinski definition) is 3. The van der Waals surface area contributed by atoms with Gasteiger partial charge in [0.25, 0.3) is 0 Å². The van der Waals surface area contributed by atoms with Gasteiger partial charge in [0, 0.05) is 0 Å². The molecule has 0 N–H and O–H groups in total. The van der Waals surface area contributed by atoms with E-state index in [1.165, 1.54) is 0 Å². The van der Waals surface area contributed by atoms with Crippen molar-refractivity contribution in [2.75, 3.05) is 7.11 Å². The van der Waals surface area contributed by atoms with Gasteiger partial charge in [-0.05, 0) is 63.1 Å². The van der Waals surface area contributed by atoms with Crippen molar-refractivity contribution in [3.63, 3.8) is 0 Å². The number of furan rings is 2. The molecule has 0 aliphatic carbocycles. The van der Waals surface area contributed by atoms with E-state index in [4.69, 9.17) is 13.6 Å². The summed E-state index contributed by atoms with van der Waals surface area (Å²) < 4.78 is 17.4. The highest BCUT2D eigenvalue weighted by atomic mass is 16.5. The van der Waals surface area contributed by atoms with Crippen LogP contribution in [0.25, 0.3) is 0 Å². The number of hydrogen-bond donors (Lipinski definition) is 0. The Bertz CT molecular complexity index is 754. The largest absolute Gasteiger partial charge is 0.496 e. The number of benzene rings is 1. The van der Waals surface area contributed by atoms with E-state index in [-0.39, 0.29) is 0 Å². The quantitative estimate of drug-likeness (QED) is 0.661. The van der Waals surface area contributed by atoms with Crippen LogP contribution < -0.4 is 4.74 Å². The fourth-order valence-electron chi connectivity index (χ4n) is 2.99. The molecule has 0 radical (unpaired) electrons. The Hall–Kier alpha value is -2.42. The molecule has 120 valence electrons. The first-order valence-corrected chi connectivity index (χ1v) is 7.78. The highest BCUT2D eigenvalue weighted by Crippen LogP contribution is 2.39. The van der Waals surface area contributed by atoms with Crippen LogP contribution in [-0.4, -0.2) is 7.11 Å². The van der Waals surface area contributed by atoms with E-state index in [2.05, 4.69) is 13.0 Å². The second-order valence-corrected chi connectivity index (χ2v) is 6.14. The van der Waals surface area contributed by atoms with Crippen LogP contribution in [0.15, 0.2) is 57.4 Å². The van der Waals surface area contributed by atoms with Gasteiger partial charge in [-0.15, -0.1) is 0 Å². The van der Waals surface area contributed by atoms with Crippen LogP contribution >= 0.6 is 0 Å². The number of para-hydroxylation sites is 1. The third kappa shape index (κ3) is 2.91. The second kappa shape index (κ2) is 5.99. The summed E-state index contributed by atoms with van der Waals surface area (Å²) in [6.07, 6.45) is 0.733. The minimum absolute atomic E-state index is 0.392. The van der Waals surface area contributed by atoms with E-state index in [1.54, 1.807) is 7.11 Å². The molecule has 0 spiro atoms. The Morgan fingerprint density at radius 2 is 1.43 bits per heavy atom. The average Bonchev–Trinajstić information content (AvgIpc) is 3.17. The zero-order valence-corrected chi connectivity index (χ0v) is 14.1. The monoisotopic (exact) mass is 310 g/mol. The van der Waals surface area contributed by atoms with Crippen LogP contribution in [0, 0.1) is 13.8 Å². The number of aryl methyl sites for hydroxylation is 2. The molecule has 0 atom stereocenters. The maximum atomic E-state index is 5.96. The lowest BCUT2D eigenvalue weighted by Gasteiger charge is -2.26. The zero-order chi connectivity index (χ0) is 16.4. The molecular weight excluding hydrogens is 288 g/mol. The van der Waals surface area contributed by atoms with E-state index >= 15 is 0 Å². The molecule has 0 saturated heterocycles. The molecule has 2 heterocycles. The molecule has 23 heavy (non-hydrogen) atoms. The predicted octanol–water partition coefficient (Wildman–Crippen LogP) is 5.05. The first-order valence-electron chi connectivity index (χ1n) is 7.78. The normalized spacial score (nSPS) is 11.7. The topological polar surface area (TPSA) is 35.5 Å². The molecule has 3 aromatic rings. The smallest absolute Gasteiger partial charge is 0.122 e. The third-order valence-corrected chi connectivity index (χ3v) is 4.30. The molecular formula is C20H22O3. The zero-order valence-electron chi connectivity index (χ0n) is 14.1. The predicted molar refractivity (Wildman–Crippen MR) is 90.0 cm³/mol. The minimum Gasteiger partial charge on any atom is -0.496 e. The van der Waals surface area contributed by atoms with Crippen molar-refractivity contribution in [3.8, 4) is 5.75 Å². The van der Waals surface area contributed by atoms with Crippen LogP contribution in [0.2, 0.25) is 0 Å².